The molecule has 0 bridgehead atoms. The first-order chi connectivity index (χ1) is 10.2. The first-order valence-corrected chi connectivity index (χ1v) is 8.24. The van der Waals surface area contributed by atoms with Crippen molar-refractivity contribution >= 4 is 0 Å². The minimum absolute atomic E-state index is 0.411. The number of aryl methyl sites for hydroxylation is 1. The molecular weight excluding hydrogens is 252 g/mol. The maximum Gasteiger partial charge on any atom is -0.0227 e. The molecule has 0 N–H and O–H groups in total. The van der Waals surface area contributed by atoms with Crippen LogP contribution in [0.4, 0.5) is 0 Å². The fourth-order valence-electron chi connectivity index (χ4n) is 2.99. The Kier molecular flexibility index (Phi) is 6.04. The Bertz CT molecular complexity index is 496. The second kappa shape index (κ2) is 8.02. The summed E-state index contributed by atoms with van der Waals surface area (Å²) in [5.41, 5.74) is 3.35. The van der Waals surface area contributed by atoms with E-state index in [2.05, 4.69) is 74.5 Å². The van der Waals surface area contributed by atoms with Crippen molar-refractivity contribution in [2.24, 2.45) is 5.41 Å². The molecule has 0 radical (unpaired) electrons. The zero-order chi connectivity index (χ0) is 15.0. The first-order valence-electron chi connectivity index (χ1n) is 8.24. The van der Waals surface area contributed by atoms with Gasteiger partial charge in [-0.25, -0.2) is 0 Å². The number of unbranched alkanes of at least 4 members (excludes halogenated alkanes) is 2. The third-order valence-electron chi connectivity index (χ3n) is 4.19. The Hall–Kier alpha value is -1.56. The summed E-state index contributed by atoms with van der Waals surface area (Å²) in [4.78, 5) is 0. The highest BCUT2D eigenvalue weighted by Gasteiger charge is 2.17. The van der Waals surface area contributed by atoms with Gasteiger partial charge in [0.25, 0.3) is 0 Å². The monoisotopic (exact) mass is 280 g/mol. The molecule has 0 aliphatic heterocycles. The van der Waals surface area contributed by atoms with Crippen molar-refractivity contribution in [1.29, 1.82) is 0 Å². The first kappa shape index (κ1) is 15.8. The van der Waals surface area contributed by atoms with E-state index in [4.69, 9.17) is 0 Å². The lowest BCUT2D eigenvalue weighted by Crippen LogP contribution is -2.14. The molecule has 0 nitrogen and oxygen atoms in total. The minimum atomic E-state index is 0.411. The van der Waals surface area contributed by atoms with Crippen LogP contribution in [0, 0.1) is 5.41 Å². The van der Waals surface area contributed by atoms with Gasteiger partial charge in [0.05, 0.1) is 0 Å². The minimum Gasteiger partial charge on any atom is -0.0622 e. The van der Waals surface area contributed by atoms with Crippen LogP contribution < -0.4 is 0 Å². The van der Waals surface area contributed by atoms with E-state index in [1.165, 1.54) is 49.7 Å². The highest BCUT2D eigenvalue weighted by molar-refractivity contribution is 5.16. The fraction of sp³-hybridized carbons (Fsp3) is 0.429. The maximum absolute atomic E-state index is 2.40. The lowest BCUT2D eigenvalue weighted by atomic mass is 9.81. The van der Waals surface area contributed by atoms with Crippen LogP contribution in [0.3, 0.4) is 0 Å². The summed E-state index contributed by atoms with van der Waals surface area (Å²) in [6.45, 7) is 4.80. The fourth-order valence-corrected chi connectivity index (χ4v) is 2.99. The van der Waals surface area contributed by atoms with E-state index in [-0.39, 0.29) is 0 Å². The lowest BCUT2D eigenvalue weighted by molar-refractivity contribution is 0.317. The second-order valence-electron chi connectivity index (χ2n) is 6.87. The summed E-state index contributed by atoms with van der Waals surface area (Å²) in [6, 6.07) is 21.7. The van der Waals surface area contributed by atoms with Crippen molar-refractivity contribution in [3.8, 4) is 0 Å². The van der Waals surface area contributed by atoms with Crippen molar-refractivity contribution < 1.29 is 0 Å². The standard InChI is InChI=1S/C21H28/c1-21(2,18-20-15-8-4-9-16-20)17-11-5-10-14-19-12-6-3-7-13-19/h3-4,6-9,12-13,15-16H,5,10-11,14,17-18H2,1-2H3. The van der Waals surface area contributed by atoms with Gasteiger partial charge in [-0.2, -0.15) is 0 Å². The molecule has 0 aromatic heterocycles. The van der Waals surface area contributed by atoms with E-state index < -0.39 is 0 Å². The topological polar surface area (TPSA) is 0 Å². The number of benzene rings is 2. The van der Waals surface area contributed by atoms with E-state index in [1.807, 2.05) is 0 Å². The van der Waals surface area contributed by atoms with E-state index in [9.17, 15) is 0 Å². The molecule has 0 atom stereocenters. The van der Waals surface area contributed by atoms with Gasteiger partial charge in [0.15, 0.2) is 0 Å². The molecular formula is C21H28. The molecule has 21 heavy (non-hydrogen) atoms. The third kappa shape index (κ3) is 6.16. The molecule has 0 heterocycles. The second-order valence-corrected chi connectivity index (χ2v) is 6.87. The van der Waals surface area contributed by atoms with Gasteiger partial charge < -0.3 is 0 Å². The van der Waals surface area contributed by atoms with E-state index in [0.717, 1.165) is 0 Å². The van der Waals surface area contributed by atoms with Gasteiger partial charge in [-0.3, -0.25) is 0 Å². The Balaban J connectivity index is 1.65. The van der Waals surface area contributed by atoms with Gasteiger partial charge in [-0.05, 0) is 42.2 Å². The largest absolute Gasteiger partial charge is 0.0622 e. The van der Waals surface area contributed by atoms with Gasteiger partial charge >= 0.3 is 0 Å². The van der Waals surface area contributed by atoms with Crippen LogP contribution in [0.2, 0.25) is 0 Å². The van der Waals surface area contributed by atoms with Gasteiger partial charge in [0.2, 0.25) is 0 Å². The van der Waals surface area contributed by atoms with Crippen molar-refractivity contribution in [3.63, 3.8) is 0 Å². The molecule has 0 heteroatoms. The molecule has 2 aromatic carbocycles. The van der Waals surface area contributed by atoms with Crippen molar-refractivity contribution in [1.82, 2.24) is 0 Å². The van der Waals surface area contributed by atoms with Crippen LogP contribution >= 0.6 is 0 Å². The number of rotatable bonds is 8. The van der Waals surface area contributed by atoms with Gasteiger partial charge in [0.1, 0.15) is 0 Å². The van der Waals surface area contributed by atoms with Gasteiger partial charge in [-0.15, -0.1) is 0 Å². The molecule has 0 aliphatic rings. The third-order valence-corrected chi connectivity index (χ3v) is 4.19. The lowest BCUT2D eigenvalue weighted by Gasteiger charge is -2.24. The molecule has 0 saturated heterocycles. The Morgan fingerprint density at radius 3 is 1.86 bits per heavy atom. The number of hydrogen-bond donors (Lipinski definition) is 0. The normalized spacial score (nSPS) is 11.5. The summed E-state index contributed by atoms with van der Waals surface area (Å²) < 4.78 is 0. The van der Waals surface area contributed by atoms with Crippen molar-refractivity contribution in [3.05, 3.63) is 71.8 Å². The summed E-state index contributed by atoms with van der Waals surface area (Å²) in [7, 11) is 0. The zero-order valence-electron chi connectivity index (χ0n) is 13.5. The van der Waals surface area contributed by atoms with Crippen molar-refractivity contribution in [2.45, 2.75) is 52.4 Å². The molecule has 112 valence electrons. The Labute approximate surface area is 130 Å². The van der Waals surface area contributed by atoms with Gasteiger partial charge in [0, 0.05) is 0 Å². The molecule has 0 spiro atoms. The molecule has 2 rings (SSSR count). The van der Waals surface area contributed by atoms with Crippen molar-refractivity contribution in [2.75, 3.05) is 0 Å². The summed E-state index contributed by atoms with van der Waals surface area (Å²) in [6.07, 6.45) is 7.72. The van der Waals surface area contributed by atoms with Crippen LogP contribution in [0.15, 0.2) is 60.7 Å². The SMILES string of the molecule is CC(C)(CCCCCc1ccccc1)Cc1ccccc1. The average molecular weight is 280 g/mol. The van der Waals surface area contributed by atoms with Crippen LogP contribution in [0.25, 0.3) is 0 Å². The summed E-state index contributed by atoms with van der Waals surface area (Å²) >= 11 is 0. The summed E-state index contributed by atoms with van der Waals surface area (Å²) in [5, 5.41) is 0. The van der Waals surface area contributed by atoms with Crippen LogP contribution in [-0.2, 0) is 12.8 Å². The van der Waals surface area contributed by atoms with Crippen LogP contribution in [-0.4, -0.2) is 0 Å². The molecule has 0 fully saturated rings. The molecule has 0 amide bonds. The highest BCUT2D eigenvalue weighted by atomic mass is 14.2. The van der Waals surface area contributed by atoms with Crippen LogP contribution in [0.5, 0.6) is 0 Å². The maximum atomic E-state index is 2.40. The predicted molar refractivity (Wildman–Crippen MR) is 92.5 cm³/mol. The highest BCUT2D eigenvalue weighted by Crippen LogP contribution is 2.28. The molecule has 0 aliphatic carbocycles. The smallest absolute Gasteiger partial charge is 0.0227 e. The average Bonchev–Trinajstić information content (AvgIpc) is 2.48. The van der Waals surface area contributed by atoms with E-state index >= 15 is 0 Å². The van der Waals surface area contributed by atoms with E-state index in [0.29, 0.717) is 5.41 Å². The number of hydrogen-bond acceptors (Lipinski definition) is 0. The molecule has 0 saturated carbocycles. The van der Waals surface area contributed by atoms with Gasteiger partial charge in [-0.1, -0.05) is 87.4 Å². The Morgan fingerprint density at radius 1 is 0.667 bits per heavy atom. The predicted octanol–water partition coefficient (Wildman–Crippen LogP) is 6.06. The molecule has 0 unspecified atom stereocenters. The quantitative estimate of drug-likeness (QED) is 0.516. The zero-order valence-corrected chi connectivity index (χ0v) is 13.5. The Morgan fingerprint density at radius 2 is 1.24 bits per heavy atom. The van der Waals surface area contributed by atoms with E-state index in [1.54, 1.807) is 0 Å². The van der Waals surface area contributed by atoms with Crippen LogP contribution in [0.1, 0.15) is 50.7 Å². The summed E-state index contributed by atoms with van der Waals surface area (Å²) in [5.74, 6) is 0. The molecule has 2 aromatic rings.